The first-order chi connectivity index (χ1) is 10.9. The summed E-state index contributed by atoms with van der Waals surface area (Å²) in [6.07, 6.45) is 0. The van der Waals surface area contributed by atoms with E-state index in [4.69, 9.17) is 4.42 Å². The van der Waals surface area contributed by atoms with Crippen LogP contribution in [0.4, 0.5) is 0 Å². The maximum absolute atomic E-state index is 11.8. The van der Waals surface area contributed by atoms with E-state index in [2.05, 4.69) is 27.5 Å². The van der Waals surface area contributed by atoms with Gasteiger partial charge in [-0.1, -0.05) is 4.49 Å². The summed E-state index contributed by atoms with van der Waals surface area (Å²) in [5.74, 6) is 0. The Morgan fingerprint density at radius 2 is 1.87 bits per heavy atom. The van der Waals surface area contributed by atoms with Crippen LogP contribution in [0.15, 0.2) is 27.4 Å². The number of aromatic nitrogens is 2. The first-order valence-corrected chi connectivity index (χ1v) is 8.21. The van der Waals surface area contributed by atoms with Crippen molar-refractivity contribution in [1.29, 1.82) is 0 Å². The molecule has 0 spiro atoms. The van der Waals surface area contributed by atoms with Gasteiger partial charge in [0.05, 0.1) is 10.6 Å². The van der Waals surface area contributed by atoms with E-state index in [1.807, 2.05) is 27.0 Å². The Morgan fingerprint density at radius 3 is 2.57 bits per heavy atom. The van der Waals surface area contributed by atoms with Crippen LogP contribution in [0.3, 0.4) is 0 Å². The number of nitrogens with zero attached hydrogens (tertiary/aromatic N) is 3. The first kappa shape index (κ1) is 15.8. The Balaban J connectivity index is 1.94. The number of hydrogen-bond acceptors (Lipinski definition) is 6. The van der Waals surface area contributed by atoms with Gasteiger partial charge in [0.1, 0.15) is 5.58 Å². The average molecular weight is 329 g/mol. The predicted molar refractivity (Wildman–Crippen MR) is 91.8 cm³/mol. The third-order valence-electron chi connectivity index (χ3n) is 4.04. The van der Waals surface area contributed by atoms with Crippen LogP contribution in [0.5, 0.6) is 0 Å². The summed E-state index contributed by atoms with van der Waals surface area (Å²) in [4.78, 5) is 15.2. The fourth-order valence-corrected chi connectivity index (χ4v) is 3.31. The van der Waals surface area contributed by atoms with Gasteiger partial charge in [0, 0.05) is 24.5 Å². The highest BCUT2D eigenvalue weighted by atomic mass is 32.1. The van der Waals surface area contributed by atoms with E-state index in [-0.39, 0.29) is 5.63 Å². The molecule has 0 amide bonds. The molecule has 2 aromatic heterocycles. The summed E-state index contributed by atoms with van der Waals surface area (Å²) < 4.78 is 9.32. The van der Waals surface area contributed by atoms with E-state index in [9.17, 15) is 4.79 Å². The van der Waals surface area contributed by atoms with Crippen molar-refractivity contribution in [2.45, 2.75) is 33.9 Å². The molecule has 120 valence electrons. The Morgan fingerprint density at radius 1 is 1.13 bits per heavy atom. The van der Waals surface area contributed by atoms with E-state index in [0.29, 0.717) is 12.1 Å². The fraction of sp³-hybridized carbons (Fsp3) is 0.353. The van der Waals surface area contributed by atoms with E-state index in [1.54, 1.807) is 6.07 Å². The van der Waals surface area contributed by atoms with Gasteiger partial charge in [0.25, 0.3) is 0 Å². The van der Waals surface area contributed by atoms with Gasteiger partial charge < -0.3 is 4.42 Å². The Hall–Kier alpha value is -2.05. The van der Waals surface area contributed by atoms with Gasteiger partial charge in [0.2, 0.25) is 0 Å². The standard InChI is InChI=1S/C17H19N3O2S/c1-10-5-14-13(7-17(21)22-15(14)6-11(10)2)8-20(4)9-16-12(3)18-19-23-16/h5-7H,8-9H2,1-4H3. The molecule has 0 radical (unpaired) electrons. The number of fused-ring (bicyclic) bond motifs is 1. The highest BCUT2D eigenvalue weighted by molar-refractivity contribution is 7.05. The molecule has 1 aromatic carbocycles. The van der Waals surface area contributed by atoms with Crippen molar-refractivity contribution in [3.8, 4) is 0 Å². The molecule has 3 rings (SSSR count). The van der Waals surface area contributed by atoms with Crippen LogP contribution < -0.4 is 5.63 Å². The van der Waals surface area contributed by atoms with Crippen LogP contribution in [0.1, 0.15) is 27.3 Å². The van der Waals surface area contributed by atoms with Crippen LogP contribution in [0, 0.1) is 20.8 Å². The second kappa shape index (κ2) is 6.22. The zero-order valence-electron chi connectivity index (χ0n) is 13.7. The van der Waals surface area contributed by atoms with Crippen molar-refractivity contribution in [2.75, 3.05) is 7.05 Å². The van der Waals surface area contributed by atoms with Gasteiger partial charge in [-0.3, -0.25) is 4.90 Å². The molecule has 23 heavy (non-hydrogen) atoms. The molecule has 0 fully saturated rings. The maximum atomic E-state index is 11.8. The smallest absolute Gasteiger partial charge is 0.336 e. The molecule has 0 saturated heterocycles. The monoisotopic (exact) mass is 329 g/mol. The Labute approximate surface area is 138 Å². The van der Waals surface area contributed by atoms with Crippen molar-refractivity contribution in [1.82, 2.24) is 14.5 Å². The topological polar surface area (TPSA) is 59.2 Å². The Bertz CT molecular complexity index is 914. The van der Waals surface area contributed by atoms with E-state index >= 15 is 0 Å². The average Bonchev–Trinajstić information content (AvgIpc) is 2.86. The van der Waals surface area contributed by atoms with Crippen LogP contribution in [0.25, 0.3) is 11.0 Å². The zero-order chi connectivity index (χ0) is 16.6. The predicted octanol–water partition coefficient (Wildman–Crippen LogP) is 3.20. The van der Waals surface area contributed by atoms with Crippen LogP contribution in [-0.2, 0) is 13.1 Å². The van der Waals surface area contributed by atoms with Gasteiger partial charge >= 0.3 is 5.63 Å². The molecule has 6 heteroatoms. The second-order valence-electron chi connectivity index (χ2n) is 5.98. The van der Waals surface area contributed by atoms with Crippen LogP contribution in [0.2, 0.25) is 0 Å². The molecule has 0 atom stereocenters. The number of benzene rings is 1. The number of aryl methyl sites for hydroxylation is 3. The van der Waals surface area contributed by atoms with Crippen LogP contribution in [-0.4, -0.2) is 21.5 Å². The largest absolute Gasteiger partial charge is 0.423 e. The summed E-state index contributed by atoms with van der Waals surface area (Å²) >= 11 is 1.42. The van der Waals surface area contributed by atoms with Gasteiger partial charge in [-0.15, -0.1) is 5.10 Å². The number of rotatable bonds is 4. The van der Waals surface area contributed by atoms with E-state index in [1.165, 1.54) is 17.1 Å². The summed E-state index contributed by atoms with van der Waals surface area (Å²) in [5, 5.41) is 5.04. The maximum Gasteiger partial charge on any atom is 0.336 e. The molecular formula is C17H19N3O2S. The van der Waals surface area contributed by atoms with Gasteiger partial charge in [-0.2, -0.15) is 0 Å². The minimum absolute atomic E-state index is 0.306. The molecule has 0 aliphatic heterocycles. The third-order valence-corrected chi connectivity index (χ3v) is 4.85. The molecular weight excluding hydrogens is 310 g/mol. The molecule has 0 bridgehead atoms. The molecule has 0 saturated carbocycles. The van der Waals surface area contributed by atoms with Crippen molar-refractivity contribution >= 4 is 22.5 Å². The SMILES string of the molecule is Cc1cc2oc(=O)cc(CN(C)Cc3snnc3C)c2cc1C. The zero-order valence-corrected chi connectivity index (χ0v) is 14.5. The van der Waals surface area contributed by atoms with Gasteiger partial charge in [0.15, 0.2) is 0 Å². The van der Waals surface area contributed by atoms with Crippen LogP contribution >= 0.6 is 11.5 Å². The summed E-state index contributed by atoms with van der Waals surface area (Å²) in [6, 6.07) is 5.62. The lowest BCUT2D eigenvalue weighted by Gasteiger charge is -2.17. The molecule has 2 heterocycles. The fourth-order valence-electron chi connectivity index (χ4n) is 2.60. The summed E-state index contributed by atoms with van der Waals surface area (Å²) in [5.41, 5.74) is 4.61. The molecule has 3 aromatic rings. The lowest BCUT2D eigenvalue weighted by Crippen LogP contribution is -2.18. The van der Waals surface area contributed by atoms with Crippen molar-refractivity contribution < 1.29 is 4.42 Å². The highest BCUT2D eigenvalue weighted by Gasteiger charge is 2.12. The van der Waals surface area contributed by atoms with Crippen molar-refractivity contribution in [3.05, 3.63) is 55.9 Å². The molecule has 0 aliphatic rings. The van der Waals surface area contributed by atoms with E-state index in [0.717, 1.165) is 33.6 Å². The second-order valence-corrected chi connectivity index (χ2v) is 6.82. The lowest BCUT2D eigenvalue weighted by molar-refractivity contribution is 0.321. The Kier molecular flexibility index (Phi) is 4.28. The number of hydrogen-bond donors (Lipinski definition) is 0. The third kappa shape index (κ3) is 3.33. The van der Waals surface area contributed by atoms with Crippen molar-refractivity contribution in [3.63, 3.8) is 0 Å². The molecule has 0 N–H and O–H groups in total. The normalized spacial score (nSPS) is 11.5. The minimum Gasteiger partial charge on any atom is -0.423 e. The van der Waals surface area contributed by atoms with Gasteiger partial charge in [-0.25, -0.2) is 4.79 Å². The van der Waals surface area contributed by atoms with Gasteiger partial charge in [-0.05, 0) is 68.2 Å². The van der Waals surface area contributed by atoms with E-state index < -0.39 is 0 Å². The van der Waals surface area contributed by atoms with Crippen molar-refractivity contribution in [2.24, 2.45) is 0 Å². The lowest BCUT2D eigenvalue weighted by atomic mass is 10.0. The highest BCUT2D eigenvalue weighted by Crippen LogP contribution is 2.23. The quantitative estimate of drug-likeness (QED) is 0.688. The summed E-state index contributed by atoms with van der Waals surface area (Å²) in [6.45, 7) is 7.48. The summed E-state index contributed by atoms with van der Waals surface area (Å²) in [7, 11) is 2.03. The first-order valence-electron chi connectivity index (χ1n) is 7.44. The molecule has 0 unspecified atom stereocenters. The minimum atomic E-state index is -0.306. The molecule has 0 aliphatic carbocycles. The molecule has 5 nitrogen and oxygen atoms in total.